The summed E-state index contributed by atoms with van der Waals surface area (Å²) >= 11 is 0. The van der Waals surface area contributed by atoms with E-state index in [0.717, 1.165) is 190 Å². The monoisotopic (exact) mass is 1890 g/mol. The van der Waals surface area contributed by atoms with Gasteiger partial charge in [-0.2, -0.15) is 0 Å². The number of ether oxygens (including phenoxy) is 9. The largest absolute Gasteiger partial charge is 0.459 e. The highest BCUT2D eigenvalue weighted by Gasteiger charge is 2.71. The summed E-state index contributed by atoms with van der Waals surface area (Å²) in [5.74, 6) is 17.5. The Kier molecular flexibility index (Phi) is 33.7. The molecule has 19 aliphatic carbocycles. The highest BCUT2D eigenvalue weighted by Crippen LogP contribution is 2.75. The molecule has 0 saturated heterocycles. The number of carbonyl (C=O) groups excluding carboxylic acids is 7. The number of esters is 7. The predicted octanol–water partition coefficient (Wildman–Crippen LogP) is 29.9. The molecule has 16 nitrogen and oxygen atoms in total. The van der Waals surface area contributed by atoms with Crippen molar-refractivity contribution >= 4 is 41.8 Å². The lowest BCUT2D eigenvalue weighted by Gasteiger charge is -2.56. The standard InChI is InChI=1S/C21H36O2.C20H32O3.C19H30O2.C18H30O3.C16H28O2.C13H24O2.C12H22O2/c1-8-18(3,4)17(22)23-20(7)11-12-21-13-16(20)19(5,6)15(21)10-9-14(21)2;1-5-20(3,4)19(21)23-11(2)22-16-10-14-9-15(16)18-13-7-6-12(8-13)17(14)18;1-5-18(2,3)17(20)21-19(4)10-13-9-14(19)16-12-7-6-11(8-12)15(13)16;1-5-17(3,4)16(19)20-12(2)21-18-9-13-6-14(10-18)8-15(7-13)11-18;1-6-15(2,3)14(17)18-16(4,5)13-10-11-7-8-12(13)9-11;1-5-12(2,3)11(14)15-13(4)9-7-6-8-10-13;1-5-11(2,3)10(13)14-12(4)8-6-7-9-12/h14-16H,8-13H2,1-7H3;11-18H,5-10H2,1-4H3;11-16H,5-10H2,1-4H3;12-15H,5-11H2,1-4H3;11-13H,6-10H2,1-5H3;5-10H2,1-4H3;5-9H2,1-4H3. The van der Waals surface area contributed by atoms with Crippen LogP contribution in [0.15, 0.2) is 0 Å². The van der Waals surface area contributed by atoms with Crippen molar-refractivity contribution in [3.8, 4) is 0 Å². The zero-order valence-electron chi connectivity index (χ0n) is 92.4. The number of carbonyl (C=O) groups is 7. The van der Waals surface area contributed by atoms with Gasteiger partial charge in [0.25, 0.3) is 0 Å². The van der Waals surface area contributed by atoms with E-state index in [1.54, 1.807) is 0 Å². The molecule has 16 heteroatoms. The summed E-state index contributed by atoms with van der Waals surface area (Å²) in [4.78, 5) is 85.8. The second kappa shape index (κ2) is 41.4. The van der Waals surface area contributed by atoms with Crippen molar-refractivity contribution in [2.75, 3.05) is 0 Å². The zero-order chi connectivity index (χ0) is 99.8. The maximum atomic E-state index is 12.7. The zero-order valence-corrected chi connectivity index (χ0v) is 92.4. The van der Waals surface area contributed by atoms with E-state index in [2.05, 4.69) is 76.2 Å². The molecule has 135 heavy (non-hydrogen) atoms. The van der Waals surface area contributed by atoms with Gasteiger partial charge >= 0.3 is 41.8 Å². The van der Waals surface area contributed by atoms with Crippen LogP contribution in [0.5, 0.6) is 0 Å². The van der Waals surface area contributed by atoms with Gasteiger partial charge in [-0.15, -0.1) is 0 Å². The Hall–Kier alpha value is -3.79. The Morgan fingerprint density at radius 1 is 0.333 bits per heavy atom. The molecule has 0 aliphatic heterocycles. The third-order valence-electron chi connectivity index (χ3n) is 42.8. The maximum absolute atomic E-state index is 12.7. The molecule has 0 aromatic rings. The maximum Gasteiger partial charge on any atom is 0.313 e. The lowest BCUT2D eigenvalue weighted by molar-refractivity contribution is -0.248. The van der Waals surface area contributed by atoms with Crippen LogP contribution in [0.4, 0.5) is 0 Å². The SMILES string of the molecule is CCC(C)(C)C(=O)OC(C)(C)C1CC2CCC1C2.CCC(C)(C)C(=O)OC(C)OC12CC3CC(CC(C3)C1)C2.CCC(C)(C)C(=O)OC(C)OC1CC2CC1C1C3CCC(C3)C21.CCC(C)(C)C(=O)OC1(C)CC2CC1C1C3CCC(C3)C21.CCC(C)(C)C(=O)OC1(C)CCC23CC1C(C)(C)C2CCC3C.CCC(C)(C)C(=O)OC1(C)CCCC1.CCC(C)(C)C(=O)OC1(C)CCCCC1. The fourth-order valence-electron chi connectivity index (χ4n) is 31.7. The van der Waals surface area contributed by atoms with Crippen LogP contribution in [0.1, 0.15) is 485 Å². The van der Waals surface area contributed by atoms with Crippen molar-refractivity contribution in [2.24, 2.45) is 173 Å². The normalized spacial score (nSPS) is 38.1. The molecule has 24 atom stereocenters. The molecule has 19 rings (SSSR count). The van der Waals surface area contributed by atoms with Crippen LogP contribution in [0.2, 0.25) is 0 Å². The first-order valence-electron chi connectivity index (χ1n) is 56.5. The molecule has 0 radical (unpaired) electrons. The summed E-state index contributed by atoms with van der Waals surface area (Å²) in [7, 11) is 0. The molecule has 0 aromatic heterocycles. The van der Waals surface area contributed by atoms with Gasteiger partial charge < -0.3 is 42.6 Å². The molecular formula is C119H202O16. The van der Waals surface area contributed by atoms with Gasteiger partial charge in [-0.1, -0.05) is 82.1 Å². The first-order valence-corrected chi connectivity index (χ1v) is 56.5. The summed E-state index contributed by atoms with van der Waals surface area (Å²) in [5, 5.41) is 0. The molecule has 24 unspecified atom stereocenters. The Labute approximate surface area is 823 Å². The molecule has 19 saturated carbocycles. The Balaban J connectivity index is 0.000000143. The fraction of sp³-hybridized carbons (Fsp3) is 0.941. The van der Waals surface area contributed by atoms with Gasteiger partial charge in [-0.25, -0.2) is 0 Å². The second-order valence-corrected chi connectivity index (χ2v) is 55.6. The van der Waals surface area contributed by atoms with Gasteiger partial charge in [-0.05, 0) is 520 Å². The number of hydrogen-bond donors (Lipinski definition) is 0. The van der Waals surface area contributed by atoms with Crippen LogP contribution in [-0.4, -0.2) is 94.1 Å². The molecule has 0 amide bonds. The molecule has 774 valence electrons. The van der Waals surface area contributed by atoms with E-state index in [1.807, 2.05) is 145 Å². The Bertz CT molecular complexity index is 4010. The lowest BCUT2D eigenvalue weighted by atomic mass is 9.54. The minimum absolute atomic E-state index is 0.000595. The quantitative estimate of drug-likeness (QED) is 0.0342. The highest BCUT2D eigenvalue weighted by molar-refractivity contribution is 5.79. The van der Waals surface area contributed by atoms with Crippen LogP contribution in [0.25, 0.3) is 0 Å². The van der Waals surface area contributed by atoms with E-state index in [1.165, 1.54) is 180 Å². The van der Waals surface area contributed by atoms with Crippen LogP contribution in [0, 0.1) is 173 Å². The van der Waals surface area contributed by atoms with Gasteiger partial charge in [0.1, 0.15) is 28.0 Å². The Morgan fingerprint density at radius 2 is 0.741 bits per heavy atom. The van der Waals surface area contributed by atoms with Crippen LogP contribution < -0.4 is 0 Å². The lowest BCUT2D eigenvalue weighted by Crippen LogP contribution is -2.53. The highest BCUT2D eigenvalue weighted by atomic mass is 16.7. The van der Waals surface area contributed by atoms with Crippen molar-refractivity contribution in [3.05, 3.63) is 0 Å². The topological polar surface area (TPSA) is 203 Å². The van der Waals surface area contributed by atoms with Crippen molar-refractivity contribution in [1.82, 2.24) is 0 Å². The van der Waals surface area contributed by atoms with E-state index in [9.17, 15) is 33.6 Å². The van der Waals surface area contributed by atoms with Crippen molar-refractivity contribution < 1.29 is 76.2 Å². The summed E-state index contributed by atoms with van der Waals surface area (Å²) in [6.07, 6.45) is 48.7. The minimum Gasteiger partial charge on any atom is -0.459 e. The Morgan fingerprint density at radius 3 is 1.19 bits per heavy atom. The summed E-state index contributed by atoms with van der Waals surface area (Å²) in [5.41, 5.74) is -2.83. The molecule has 1 spiro atoms. The fourth-order valence-corrected chi connectivity index (χ4v) is 31.7. The number of rotatable bonds is 26. The van der Waals surface area contributed by atoms with E-state index in [0.29, 0.717) is 29.3 Å². The average molecular weight is 1890 g/mol. The van der Waals surface area contributed by atoms with Crippen LogP contribution in [0.3, 0.4) is 0 Å². The van der Waals surface area contributed by atoms with Gasteiger partial charge in [0.15, 0.2) is 6.29 Å². The van der Waals surface area contributed by atoms with Gasteiger partial charge in [0.2, 0.25) is 6.29 Å². The summed E-state index contributed by atoms with van der Waals surface area (Å²) in [6.45, 7) is 65.9. The van der Waals surface area contributed by atoms with E-state index >= 15 is 0 Å². The summed E-state index contributed by atoms with van der Waals surface area (Å²) in [6, 6.07) is 0. The number of fused-ring (bicyclic) bond motifs is 21. The van der Waals surface area contributed by atoms with Gasteiger partial charge in [-0.3, -0.25) is 33.6 Å². The van der Waals surface area contributed by atoms with E-state index in [-0.39, 0.29) is 108 Å². The van der Waals surface area contributed by atoms with Crippen molar-refractivity contribution in [1.29, 1.82) is 0 Å². The molecule has 19 aliphatic rings. The molecule has 16 bridgehead atoms. The minimum atomic E-state index is -0.418. The van der Waals surface area contributed by atoms with Gasteiger partial charge in [0, 0.05) is 17.8 Å². The molecule has 19 fully saturated rings. The second-order valence-electron chi connectivity index (χ2n) is 55.6. The third-order valence-corrected chi connectivity index (χ3v) is 42.8. The molecular weight excluding hydrogens is 1690 g/mol. The van der Waals surface area contributed by atoms with Crippen LogP contribution >= 0.6 is 0 Å². The van der Waals surface area contributed by atoms with Crippen molar-refractivity contribution in [3.63, 3.8) is 0 Å². The first-order chi connectivity index (χ1) is 62.6. The first kappa shape index (κ1) is 110. The van der Waals surface area contributed by atoms with Gasteiger partial charge in [0.05, 0.1) is 49.6 Å². The predicted molar refractivity (Wildman–Crippen MR) is 539 cm³/mol. The summed E-state index contributed by atoms with van der Waals surface area (Å²) < 4.78 is 53.3. The van der Waals surface area contributed by atoms with Crippen LogP contribution in [-0.2, 0) is 76.2 Å². The molecule has 0 N–H and O–H groups in total. The average Bonchev–Trinajstić information content (AvgIpc) is 1.47. The molecule has 0 heterocycles. The molecule has 0 aromatic carbocycles. The smallest absolute Gasteiger partial charge is 0.313 e. The number of hydrogen-bond acceptors (Lipinski definition) is 16. The van der Waals surface area contributed by atoms with Crippen molar-refractivity contribution in [2.45, 2.75) is 537 Å². The van der Waals surface area contributed by atoms with E-state index < -0.39 is 23.4 Å². The third kappa shape index (κ3) is 23.4. The van der Waals surface area contributed by atoms with E-state index in [4.69, 9.17) is 42.6 Å².